The second kappa shape index (κ2) is 4.76. The van der Waals surface area contributed by atoms with E-state index in [1.54, 1.807) is 29.0 Å². The summed E-state index contributed by atoms with van der Waals surface area (Å²) in [4.78, 5) is 8.24. The molecular formula is C9H9BrN4S. The van der Waals surface area contributed by atoms with Crippen molar-refractivity contribution in [1.29, 1.82) is 0 Å². The zero-order valence-corrected chi connectivity index (χ0v) is 10.5. The van der Waals surface area contributed by atoms with Gasteiger partial charge in [-0.15, -0.1) is 0 Å². The first-order valence-corrected chi connectivity index (χ1v) is 6.10. The predicted molar refractivity (Wildman–Crippen MR) is 62.5 cm³/mol. The number of halogens is 1. The molecule has 0 unspecified atom stereocenters. The second-order valence-corrected chi connectivity index (χ2v) is 4.82. The summed E-state index contributed by atoms with van der Waals surface area (Å²) in [5.41, 5.74) is 1.16. The molecule has 0 N–H and O–H groups in total. The van der Waals surface area contributed by atoms with Crippen LogP contribution >= 0.6 is 27.7 Å². The molecule has 2 aromatic heterocycles. The van der Waals surface area contributed by atoms with Crippen LogP contribution in [0, 0.1) is 0 Å². The normalized spacial score (nSPS) is 10.5. The zero-order chi connectivity index (χ0) is 10.7. The molecule has 0 aliphatic rings. The minimum atomic E-state index is 0.846. The third kappa shape index (κ3) is 2.79. The smallest absolute Gasteiger partial charge is 0.186 e. The van der Waals surface area contributed by atoms with Crippen LogP contribution in [-0.2, 0) is 12.8 Å². The van der Waals surface area contributed by atoms with Crippen molar-refractivity contribution in [2.45, 2.75) is 10.9 Å². The summed E-state index contributed by atoms with van der Waals surface area (Å²) >= 11 is 5.03. The molecule has 2 rings (SSSR count). The summed E-state index contributed by atoms with van der Waals surface area (Å²) in [5, 5.41) is 4.92. The lowest BCUT2D eigenvalue weighted by Gasteiger charge is -2.00. The van der Waals surface area contributed by atoms with Gasteiger partial charge in [-0.2, -0.15) is 5.10 Å². The van der Waals surface area contributed by atoms with Crippen LogP contribution in [0.5, 0.6) is 0 Å². The summed E-state index contributed by atoms with van der Waals surface area (Å²) < 4.78 is 2.76. The molecule has 0 radical (unpaired) electrons. The summed E-state index contributed by atoms with van der Waals surface area (Å²) in [7, 11) is 1.88. The molecule has 2 aromatic rings. The maximum absolute atomic E-state index is 4.14. The standard InChI is InChI=1S/C9H9BrN4S/c1-14-9(12-6-13-14)15-5-7-2-8(10)4-11-3-7/h2-4,6H,5H2,1H3. The fourth-order valence-electron chi connectivity index (χ4n) is 1.10. The van der Waals surface area contributed by atoms with Gasteiger partial charge in [0.15, 0.2) is 5.16 Å². The zero-order valence-electron chi connectivity index (χ0n) is 8.09. The Morgan fingerprint density at radius 2 is 2.33 bits per heavy atom. The van der Waals surface area contributed by atoms with Crippen LogP contribution in [0.2, 0.25) is 0 Å². The Morgan fingerprint density at radius 3 is 3.00 bits per heavy atom. The van der Waals surface area contributed by atoms with E-state index in [-0.39, 0.29) is 0 Å². The Kier molecular flexibility index (Phi) is 3.37. The van der Waals surface area contributed by atoms with Gasteiger partial charge in [0.1, 0.15) is 6.33 Å². The Hall–Kier alpha value is -0.880. The van der Waals surface area contributed by atoms with E-state index in [2.05, 4.69) is 37.1 Å². The van der Waals surface area contributed by atoms with Gasteiger partial charge in [0, 0.05) is 29.7 Å². The maximum Gasteiger partial charge on any atom is 0.186 e. The number of nitrogens with zero attached hydrogens (tertiary/aromatic N) is 4. The molecule has 78 valence electrons. The lowest BCUT2D eigenvalue weighted by Crippen LogP contribution is -1.93. The molecule has 0 saturated heterocycles. The summed E-state index contributed by atoms with van der Waals surface area (Å²) in [6.07, 6.45) is 5.19. The van der Waals surface area contributed by atoms with Gasteiger partial charge in [0.25, 0.3) is 0 Å². The Morgan fingerprint density at radius 1 is 1.47 bits per heavy atom. The molecule has 0 saturated carbocycles. The van der Waals surface area contributed by atoms with Gasteiger partial charge in [-0.1, -0.05) is 11.8 Å². The van der Waals surface area contributed by atoms with Crippen LogP contribution in [0.1, 0.15) is 5.56 Å². The first kappa shape index (κ1) is 10.6. The number of hydrogen-bond acceptors (Lipinski definition) is 4. The van der Waals surface area contributed by atoms with E-state index in [9.17, 15) is 0 Å². The van der Waals surface area contributed by atoms with Crippen molar-refractivity contribution in [2.75, 3.05) is 0 Å². The van der Waals surface area contributed by atoms with Gasteiger partial charge in [-0.05, 0) is 27.6 Å². The molecule has 15 heavy (non-hydrogen) atoms. The highest BCUT2D eigenvalue weighted by molar-refractivity contribution is 9.10. The minimum Gasteiger partial charge on any atom is -0.263 e. The number of rotatable bonds is 3. The molecule has 6 heteroatoms. The highest BCUT2D eigenvalue weighted by atomic mass is 79.9. The lowest BCUT2D eigenvalue weighted by atomic mass is 10.3. The fraction of sp³-hybridized carbons (Fsp3) is 0.222. The monoisotopic (exact) mass is 284 g/mol. The van der Waals surface area contributed by atoms with Crippen molar-refractivity contribution in [3.63, 3.8) is 0 Å². The summed E-state index contributed by atoms with van der Waals surface area (Å²) in [6, 6.07) is 2.05. The molecule has 0 aliphatic carbocycles. The average Bonchev–Trinajstić information content (AvgIpc) is 2.61. The fourth-order valence-corrected chi connectivity index (χ4v) is 2.32. The van der Waals surface area contributed by atoms with Crippen LogP contribution in [-0.4, -0.2) is 19.7 Å². The van der Waals surface area contributed by atoms with Gasteiger partial charge in [-0.25, -0.2) is 9.67 Å². The highest BCUT2D eigenvalue weighted by Gasteiger charge is 2.02. The van der Waals surface area contributed by atoms with Crippen molar-refractivity contribution < 1.29 is 0 Å². The Bertz CT molecular complexity index is 457. The van der Waals surface area contributed by atoms with E-state index in [0.717, 1.165) is 20.9 Å². The second-order valence-electron chi connectivity index (χ2n) is 2.97. The number of hydrogen-bond donors (Lipinski definition) is 0. The van der Waals surface area contributed by atoms with Gasteiger partial charge in [0.05, 0.1) is 0 Å². The van der Waals surface area contributed by atoms with Crippen molar-refractivity contribution >= 4 is 27.7 Å². The molecule has 0 amide bonds. The Balaban J connectivity index is 2.02. The van der Waals surface area contributed by atoms with Crippen LogP contribution in [0.25, 0.3) is 0 Å². The SMILES string of the molecule is Cn1ncnc1SCc1cncc(Br)c1. The molecule has 2 heterocycles. The van der Waals surface area contributed by atoms with Crippen molar-refractivity contribution in [3.8, 4) is 0 Å². The molecule has 0 fully saturated rings. The molecule has 0 spiro atoms. The first-order chi connectivity index (χ1) is 7.25. The van der Waals surface area contributed by atoms with E-state index in [1.165, 1.54) is 0 Å². The van der Waals surface area contributed by atoms with E-state index in [4.69, 9.17) is 0 Å². The maximum atomic E-state index is 4.14. The summed E-state index contributed by atoms with van der Waals surface area (Å²) in [6.45, 7) is 0. The summed E-state index contributed by atoms with van der Waals surface area (Å²) in [5.74, 6) is 0.846. The van der Waals surface area contributed by atoms with Crippen LogP contribution in [0.15, 0.2) is 34.4 Å². The van der Waals surface area contributed by atoms with Crippen molar-refractivity contribution in [2.24, 2.45) is 7.05 Å². The van der Waals surface area contributed by atoms with E-state index < -0.39 is 0 Å². The molecule has 0 aliphatic heterocycles. The molecule has 0 bridgehead atoms. The average molecular weight is 285 g/mol. The van der Waals surface area contributed by atoms with Crippen molar-refractivity contribution in [1.82, 2.24) is 19.7 Å². The van der Waals surface area contributed by atoms with Crippen LogP contribution in [0.4, 0.5) is 0 Å². The van der Waals surface area contributed by atoms with Crippen LogP contribution < -0.4 is 0 Å². The lowest BCUT2D eigenvalue weighted by molar-refractivity contribution is 0.685. The van der Waals surface area contributed by atoms with E-state index in [1.807, 2.05) is 13.2 Å². The minimum absolute atomic E-state index is 0.846. The predicted octanol–water partition coefficient (Wildman–Crippen LogP) is 2.26. The number of aromatic nitrogens is 4. The van der Waals surface area contributed by atoms with Crippen LogP contribution in [0.3, 0.4) is 0 Å². The molecule has 0 aromatic carbocycles. The topological polar surface area (TPSA) is 43.6 Å². The van der Waals surface area contributed by atoms with Gasteiger partial charge in [-0.3, -0.25) is 4.98 Å². The van der Waals surface area contributed by atoms with Gasteiger partial charge >= 0.3 is 0 Å². The van der Waals surface area contributed by atoms with Gasteiger partial charge in [0.2, 0.25) is 0 Å². The molecular weight excluding hydrogens is 276 g/mol. The molecule has 4 nitrogen and oxygen atoms in total. The van der Waals surface area contributed by atoms with Crippen molar-refractivity contribution in [3.05, 3.63) is 34.8 Å². The Labute approximate surface area is 100 Å². The first-order valence-electron chi connectivity index (χ1n) is 4.32. The molecule has 0 atom stereocenters. The number of pyridine rings is 1. The van der Waals surface area contributed by atoms with E-state index in [0.29, 0.717) is 0 Å². The quantitative estimate of drug-likeness (QED) is 0.811. The highest BCUT2D eigenvalue weighted by Crippen LogP contribution is 2.20. The number of thioether (sulfide) groups is 1. The van der Waals surface area contributed by atoms with Gasteiger partial charge < -0.3 is 0 Å². The van der Waals surface area contributed by atoms with E-state index >= 15 is 0 Å². The third-order valence-corrected chi connectivity index (χ3v) is 3.34. The number of aryl methyl sites for hydroxylation is 1. The third-order valence-electron chi connectivity index (χ3n) is 1.80. The largest absolute Gasteiger partial charge is 0.263 e.